The molecule has 0 radical (unpaired) electrons. The normalized spacial score (nSPS) is 23.1. The lowest BCUT2D eigenvalue weighted by Gasteiger charge is -2.37. The number of fused-ring (bicyclic) bond motifs is 2. The van der Waals surface area contributed by atoms with Crippen LogP contribution in [0.3, 0.4) is 0 Å². The minimum absolute atomic E-state index is 0.0695. The average Bonchev–Trinajstić information content (AvgIpc) is 3.15. The minimum Gasteiger partial charge on any atom is -0.370 e. The number of carbonyl (C=O) groups is 1. The molecule has 0 aromatic carbocycles. The van der Waals surface area contributed by atoms with Gasteiger partial charge in [-0.25, -0.2) is 4.98 Å². The fourth-order valence-electron chi connectivity index (χ4n) is 4.40. The van der Waals surface area contributed by atoms with Crippen molar-refractivity contribution in [1.82, 2.24) is 14.8 Å². The van der Waals surface area contributed by atoms with Gasteiger partial charge >= 0.3 is 0 Å². The number of amides is 1. The molecule has 1 atom stereocenters. The molecule has 4 heterocycles. The predicted octanol–water partition coefficient (Wildman–Crippen LogP) is 1.54. The summed E-state index contributed by atoms with van der Waals surface area (Å²) in [6, 6.07) is 2.25. The first-order chi connectivity index (χ1) is 12.7. The molecule has 7 heteroatoms. The van der Waals surface area contributed by atoms with E-state index in [1.54, 1.807) is 14.2 Å². The summed E-state index contributed by atoms with van der Waals surface area (Å²) in [5, 5.41) is 3.37. The molecule has 3 aliphatic heterocycles. The monoisotopic (exact) mass is 360 g/mol. The highest BCUT2D eigenvalue weighted by Crippen LogP contribution is 2.30. The highest BCUT2D eigenvalue weighted by atomic mass is 16.7. The van der Waals surface area contributed by atoms with Crippen molar-refractivity contribution < 1.29 is 14.3 Å². The van der Waals surface area contributed by atoms with E-state index in [9.17, 15) is 4.79 Å². The average molecular weight is 360 g/mol. The number of pyridine rings is 1. The highest BCUT2D eigenvalue weighted by Gasteiger charge is 2.38. The summed E-state index contributed by atoms with van der Waals surface area (Å²) in [5.41, 5.74) is 3.01. The maximum Gasteiger partial charge on any atom is 0.240 e. The Hall–Kier alpha value is -1.70. The van der Waals surface area contributed by atoms with E-state index in [1.165, 1.54) is 5.56 Å². The van der Waals surface area contributed by atoms with Gasteiger partial charge in [-0.1, -0.05) is 0 Å². The van der Waals surface area contributed by atoms with Crippen LogP contribution in [0.5, 0.6) is 0 Å². The van der Waals surface area contributed by atoms with Crippen LogP contribution in [0.1, 0.15) is 42.4 Å². The number of anilines is 1. The molecule has 26 heavy (non-hydrogen) atoms. The lowest BCUT2D eigenvalue weighted by Crippen LogP contribution is -2.53. The fourth-order valence-corrected chi connectivity index (χ4v) is 4.40. The Labute approximate surface area is 154 Å². The Kier molecular flexibility index (Phi) is 5.11. The number of carbonyl (C=O) groups excluding carboxylic acids is 1. The van der Waals surface area contributed by atoms with Gasteiger partial charge in [-0.3, -0.25) is 9.69 Å². The molecule has 3 aliphatic rings. The highest BCUT2D eigenvalue weighted by molar-refractivity contribution is 5.83. The van der Waals surface area contributed by atoms with Gasteiger partial charge in [-0.05, 0) is 49.4 Å². The van der Waals surface area contributed by atoms with Crippen molar-refractivity contribution in [1.29, 1.82) is 0 Å². The Morgan fingerprint density at radius 1 is 1.27 bits per heavy atom. The van der Waals surface area contributed by atoms with Crippen LogP contribution < -0.4 is 5.32 Å². The van der Waals surface area contributed by atoms with Crippen LogP contribution in [0, 0.1) is 0 Å². The second-order valence-corrected chi connectivity index (χ2v) is 7.33. The molecule has 142 valence electrons. The number of hydrogen-bond acceptors (Lipinski definition) is 6. The third-order valence-electron chi connectivity index (χ3n) is 5.76. The maximum absolute atomic E-state index is 12.9. The topological polar surface area (TPSA) is 66.9 Å². The van der Waals surface area contributed by atoms with Crippen LogP contribution in [-0.2, 0) is 27.2 Å². The molecular formula is C19H28N4O3. The number of nitrogens with zero attached hydrogens (tertiary/aromatic N) is 3. The number of hydrogen-bond donors (Lipinski definition) is 1. The van der Waals surface area contributed by atoms with Crippen molar-refractivity contribution in [2.75, 3.05) is 45.7 Å². The van der Waals surface area contributed by atoms with Gasteiger partial charge in [0.05, 0.1) is 6.04 Å². The molecular weight excluding hydrogens is 332 g/mol. The Balaban J connectivity index is 1.63. The molecule has 1 unspecified atom stereocenters. The van der Waals surface area contributed by atoms with E-state index >= 15 is 0 Å². The van der Waals surface area contributed by atoms with Crippen molar-refractivity contribution in [2.24, 2.45) is 0 Å². The predicted molar refractivity (Wildman–Crippen MR) is 97.8 cm³/mol. The fraction of sp³-hybridized carbons (Fsp3) is 0.684. The Bertz CT molecular complexity index is 677. The van der Waals surface area contributed by atoms with Gasteiger partial charge in [0.2, 0.25) is 12.2 Å². The summed E-state index contributed by atoms with van der Waals surface area (Å²) >= 11 is 0. The van der Waals surface area contributed by atoms with Gasteiger partial charge in [-0.15, -0.1) is 0 Å². The van der Waals surface area contributed by atoms with E-state index in [0.717, 1.165) is 68.9 Å². The van der Waals surface area contributed by atoms with Gasteiger partial charge in [0.1, 0.15) is 11.5 Å². The van der Waals surface area contributed by atoms with Gasteiger partial charge in [0.15, 0.2) is 0 Å². The van der Waals surface area contributed by atoms with Crippen molar-refractivity contribution >= 4 is 11.7 Å². The lowest BCUT2D eigenvalue weighted by atomic mass is 10.0. The molecule has 1 aromatic rings. The van der Waals surface area contributed by atoms with Crippen molar-refractivity contribution in [2.45, 2.75) is 44.6 Å². The SMILES string of the molecule is COC(OC)c1nc2c(cc1CN1CCN3CCCC3C1=O)CCCN2. The quantitative estimate of drug-likeness (QED) is 0.804. The number of aryl methyl sites for hydroxylation is 1. The van der Waals surface area contributed by atoms with Crippen LogP contribution in [0.25, 0.3) is 0 Å². The van der Waals surface area contributed by atoms with Crippen LogP contribution in [0.2, 0.25) is 0 Å². The number of rotatable bonds is 5. The standard InChI is InChI=1S/C19H28N4O3/c1-25-19(26-2)16-14(11-13-5-3-7-20-17(13)21-16)12-23-10-9-22-8-4-6-15(22)18(23)24/h11,15,19H,3-10,12H2,1-2H3,(H,20,21). The van der Waals surface area contributed by atoms with E-state index in [0.29, 0.717) is 6.54 Å². The molecule has 0 aliphatic carbocycles. The number of ether oxygens (including phenoxy) is 2. The zero-order valence-electron chi connectivity index (χ0n) is 15.7. The first-order valence-corrected chi connectivity index (χ1v) is 9.56. The molecule has 0 spiro atoms. The Morgan fingerprint density at radius 2 is 2.12 bits per heavy atom. The van der Waals surface area contributed by atoms with E-state index in [4.69, 9.17) is 14.5 Å². The van der Waals surface area contributed by atoms with Gasteiger partial charge in [-0.2, -0.15) is 0 Å². The molecule has 0 bridgehead atoms. The summed E-state index contributed by atoms with van der Waals surface area (Å²) in [5.74, 6) is 1.17. The number of nitrogens with one attached hydrogen (secondary N) is 1. The van der Waals surface area contributed by atoms with E-state index in [-0.39, 0.29) is 11.9 Å². The van der Waals surface area contributed by atoms with Gasteiger partial charge in [0, 0.05) is 40.4 Å². The van der Waals surface area contributed by atoms with Gasteiger partial charge < -0.3 is 19.7 Å². The summed E-state index contributed by atoms with van der Waals surface area (Å²) in [4.78, 5) is 22.0. The number of methoxy groups -OCH3 is 2. The summed E-state index contributed by atoms with van der Waals surface area (Å²) < 4.78 is 11.0. The van der Waals surface area contributed by atoms with Gasteiger partial charge in [0.25, 0.3) is 0 Å². The van der Waals surface area contributed by atoms with E-state index in [2.05, 4.69) is 16.3 Å². The molecule has 2 saturated heterocycles. The molecule has 1 N–H and O–H groups in total. The first-order valence-electron chi connectivity index (χ1n) is 9.56. The molecule has 0 saturated carbocycles. The van der Waals surface area contributed by atoms with Crippen LogP contribution in [-0.4, -0.2) is 67.1 Å². The third-order valence-corrected chi connectivity index (χ3v) is 5.76. The number of piperazine rings is 1. The second-order valence-electron chi connectivity index (χ2n) is 7.33. The first kappa shape index (κ1) is 17.7. The smallest absolute Gasteiger partial charge is 0.240 e. The zero-order valence-corrected chi connectivity index (χ0v) is 15.7. The van der Waals surface area contributed by atoms with Crippen LogP contribution >= 0.6 is 0 Å². The molecule has 2 fully saturated rings. The summed E-state index contributed by atoms with van der Waals surface area (Å²) in [6.45, 7) is 4.29. The maximum atomic E-state index is 12.9. The third kappa shape index (κ3) is 3.19. The number of aromatic nitrogens is 1. The van der Waals surface area contributed by atoms with Crippen LogP contribution in [0.4, 0.5) is 5.82 Å². The Morgan fingerprint density at radius 3 is 2.92 bits per heavy atom. The largest absolute Gasteiger partial charge is 0.370 e. The summed E-state index contributed by atoms with van der Waals surface area (Å²) in [6.07, 6.45) is 3.69. The minimum atomic E-state index is -0.526. The van der Waals surface area contributed by atoms with Crippen LogP contribution in [0.15, 0.2) is 6.07 Å². The zero-order chi connectivity index (χ0) is 18.1. The lowest BCUT2D eigenvalue weighted by molar-refractivity contribution is -0.141. The van der Waals surface area contributed by atoms with Crippen molar-refractivity contribution in [3.8, 4) is 0 Å². The van der Waals surface area contributed by atoms with E-state index < -0.39 is 6.29 Å². The molecule has 1 amide bonds. The molecule has 4 rings (SSSR count). The second kappa shape index (κ2) is 7.50. The summed E-state index contributed by atoms with van der Waals surface area (Å²) in [7, 11) is 3.24. The molecule has 7 nitrogen and oxygen atoms in total. The van der Waals surface area contributed by atoms with Crippen molar-refractivity contribution in [3.05, 3.63) is 22.9 Å². The van der Waals surface area contributed by atoms with Crippen molar-refractivity contribution in [3.63, 3.8) is 0 Å². The van der Waals surface area contributed by atoms with E-state index in [1.807, 2.05) is 4.90 Å². The molecule has 1 aromatic heterocycles.